The molecule has 0 bridgehead atoms. The molecule has 0 saturated carbocycles. The monoisotopic (exact) mass is 319 g/mol. The van der Waals surface area contributed by atoms with Gasteiger partial charge in [0.05, 0.1) is 4.92 Å². The summed E-state index contributed by atoms with van der Waals surface area (Å²) in [4.78, 5) is 22.3. The Labute approximate surface area is 130 Å². The number of nitro benzene ring substituents is 1. The highest BCUT2D eigenvalue weighted by molar-refractivity contribution is 6.32. The van der Waals surface area contributed by atoms with Crippen LogP contribution in [0.2, 0.25) is 5.02 Å². The number of carbonyl (C=O) groups is 1. The van der Waals surface area contributed by atoms with Crippen molar-refractivity contribution in [2.45, 2.75) is 13.8 Å². The number of hydrogen-bond acceptors (Lipinski definition) is 5. The van der Waals surface area contributed by atoms with Gasteiger partial charge in [0.1, 0.15) is 22.4 Å². The van der Waals surface area contributed by atoms with Crippen LogP contribution >= 0.6 is 11.6 Å². The van der Waals surface area contributed by atoms with Gasteiger partial charge >= 0.3 is 0 Å². The number of nitrogens with one attached hydrogen (secondary N) is 1. The van der Waals surface area contributed by atoms with Gasteiger partial charge in [-0.1, -0.05) is 11.6 Å². The van der Waals surface area contributed by atoms with Crippen molar-refractivity contribution in [1.82, 2.24) is 0 Å². The third-order valence-corrected chi connectivity index (χ3v) is 3.45. The number of anilines is 1. The van der Waals surface area contributed by atoms with Crippen LogP contribution in [-0.4, -0.2) is 10.8 Å². The fourth-order valence-electron chi connectivity index (χ4n) is 1.82. The molecule has 0 saturated heterocycles. The van der Waals surface area contributed by atoms with Gasteiger partial charge < -0.3 is 4.42 Å². The van der Waals surface area contributed by atoms with Crippen LogP contribution in [0.3, 0.4) is 0 Å². The molecule has 2 aromatic rings. The molecular weight excluding hydrogens is 310 g/mol. The molecule has 7 nitrogen and oxygen atoms in total. The number of benzene rings is 1. The number of furan rings is 1. The first kappa shape index (κ1) is 15.5. The van der Waals surface area contributed by atoms with E-state index in [9.17, 15) is 14.9 Å². The van der Waals surface area contributed by atoms with Crippen molar-refractivity contribution in [2.75, 3.05) is 5.32 Å². The van der Waals surface area contributed by atoms with Crippen molar-refractivity contribution < 1.29 is 14.1 Å². The third-order valence-electron chi connectivity index (χ3n) is 3.13. The van der Waals surface area contributed by atoms with Gasteiger partial charge in [0.25, 0.3) is 11.6 Å². The zero-order valence-electron chi connectivity index (χ0n) is 11.6. The van der Waals surface area contributed by atoms with Crippen molar-refractivity contribution in [2.24, 2.45) is 0 Å². The standard InChI is InChI=1S/C14H10ClN3O4/c1-7-8(2)22-14(10(7)6-16)17-13(19)9-3-4-11(15)12(5-9)18(20)21/h3-5H,1-2H3,(H,17,19). The van der Waals surface area contributed by atoms with Crippen molar-refractivity contribution in [1.29, 1.82) is 5.26 Å². The maximum absolute atomic E-state index is 12.1. The Morgan fingerprint density at radius 1 is 1.45 bits per heavy atom. The number of carbonyl (C=O) groups excluding carboxylic acids is 1. The first-order valence-electron chi connectivity index (χ1n) is 6.10. The minimum Gasteiger partial charge on any atom is -0.444 e. The Hall–Kier alpha value is -2.85. The zero-order chi connectivity index (χ0) is 16.4. The van der Waals surface area contributed by atoms with Crippen LogP contribution in [-0.2, 0) is 0 Å². The lowest BCUT2D eigenvalue weighted by atomic mass is 10.1. The van der Waals surface area contributed by atoms with Crippen LogP contribution in [0.25, 0.3) is 0 Å². The molecule has 0 atom stereocenters. The molecule has 8 heteroatoms. The van der Waals surface area contributed by atoms with Crippen molar-refractivity contribution in [3.63, 3.8) is 0 Å². The Balaban J connectivity index is 2.35. The highest BCUT2D eigenvalue weighted by Gasteiger charge is 2.20. The SMILES string of the molecule is Cc1oc(NC(=O)c2ccc(Cl)c([N+](=O)[O-])c2)c(C#N)c1C. The first-order valence-corrected chi connectivity index (χ1v) is 6.48. The molecule has 2 rings (SSSR count). The Morgan fingerprint density at radius 2 is 2.14 bits per heavy atom. The summed E-state index contributed by atoms with van der Waals surface area (Å²) in [5.41, 5.74) is 0.502. The van der Waals surface area contributed by atoms with E-state index in [0.717, 1.165) is 6.07 Å². The van der Waals surface area contributed by atoms with Gasteiger partial charge in [0, 0.05) is 17.2 Å². The largest absolute Gasteiger partial charge is 0.444 e. The summed E-state index contributed by atoms with van der Waals surface area (Å²) in [7, 11) is 0. The van der Waals surface area contributed by atoms with Crippen molar-refractivity contribution >= 4 is 29.1 Å². The molecule has 0 fully saturated rings. The van der Waals surface area contributed by atoms with Crippen LogP contribution in [0.4, 0.5) is 11.6 Å². The number of hydrogen-bond donors (Lipinski definition) is 1. The van der Waals surface area contributed by atoms with Crippen LogP contribution in [0.15, 0.2) is 22.6 Å². The summed E-state index contributed by atoms with van der Waals surface area (Å²) < 4.78 is 5.32. The second-order valence-electron chi connectivity index (χ2n) is 4.48. The van der Waals surface area contributed by atoms with E-state index >= 15 is 0 Å². The second-order valence-corrected chi connectivity index (χ2v) is 4.88. The lowest BCUT2D eigenvalue weighted by Crippen LogP contribution is -2.12. The molecule has 0 aliphatic carbocycles. The van der Waals surface area contributed by atoms with E-state index in [4.69, 9.17) is 21.3 Å². The molecular formula is C14H10ClN3O4. The normalized spacial score (nSPS) is 10.1. The van der Waals surface area contributed by atoms with Crippen molar-refractivity contribution in [3.8, 4) is 6.07 Å². The molecule has 112 valence electrons. The lowest BCUT2D eigenvalue weighted by Gasteiger charge is -2.03. The number of nitriles is 1. The van der Waals surface area contributed by atoms with Gasteiger partial charge in [0.2, 0.25) is 5.88 Å². The van der Waals surface area contributed by atoms with E-state index < -0.39 is 10.8 Å². The lowest BCUT2D eigenvalue weighted by molar-refractivity contribution is -0.384. The van der Waals surface area contributed by atoms with Gasteiger partial charge in [0.15, 0.2) is 0 Å². The Morgan fingerprint density at radius 3 is 2.73 bits per heavy atom. The highest BCUT2D eigenvalue weighted by Crippen LogP contribution is 2.28. The Kier molecular flexibility index (Phi) is 4.15. The Bertz CT molecular complexity index is 820. The van der Waals surface area contributed by atoms with Gasteiger partial charge in [-0.2, -0.15) is 5.26 Å². The summed E-state index contributed by atoms with van der Waals surface area (Å²) in [5.74, 6) is -0.112. The van der Waals surface area contributed by atoms with E-state index in [1.165, 1.54) is 12.1 Å². The predicted molar refractivity (Wildman–Crippen MR) is 79.0 cm³/mol. The van der Waals surface area contributed by atoms with E-state index in [0.29, 0.717) is 11.3 Å². The number of amides is 1. The topological polar surface area (TPSA) is 109 Å². The van der Waals surface area contributed by atoms with Crippen LogP contribution in [0, 0.1) is 35.3 Å². The maximum Gasteiger partial charge on any atom is 0.288 e. The smallest absolute Gasteiger partial charge is 0.288 e. The molecule has 0 aliphatic rings. The third kappa shape index (κ3) is 2.77. The number of nitrogens with zero attached hydrogens (tertiary/aromatic N) is 2. The van der Waals surface area contributed by atoms with Gasteiger partial charge in [-0.3, -0.25) is 20.2 Å². The molecule has 22 heavy (non-hydrogen) atoms. The fourth-order valence-corrected chi connectivity index (χ4v) is 2.01. The highest BCUT2D eigenvalue weighted by atomic mass is 35.5. The minimum absolute atomic E-state index is 0.0140. The first-order chi connectivity index (χ1) is 10.3. The number of aryl methyl sites for hydroxylation is 1. The molecule has 1 N–H and O–H groups in total. The second kappa shape index (κ2) is 5.87. The van der Waals surface area contributed by atoms with Crippen LogP contribution in [0.5, 0.6) is 0 Å². The quantitative estimate of drug-likeness (QED) is 0.686. The fraction of sp³-hybridized carbons (Fsp3) is 0.143. The molecule has 0 unspecified atom stereocenters. The number of halogens is 1. The van der Waals surface area contributed by atoms with Crippen molar-refractivity contribution in [3.05, 3.63) is 55.8 Å². The van der Waals surface area contributed by atoms with Gasteiger partial charge in [-0.25, -0.2) is 0 Å². The molecule has 0 spiro atoms. The molecule has 1 aromatic carbocycles. The molecule has 1 heterocycles. The van der Waals surface area contributed by atoms with Crippen LogP contribution < -0.4 is 5.32 Å². The summed E-state index contributed by atoms with van der Waals surface area (Å²) >= 11 is 5.69. The number of rotatable bonds is 3. The van der Waals surface area contributed by atoms with E-state index in [2.05, 4.69) is 5.32 Å². The summed E-state index contributed by atoms with van der Waals surface area (Å²) in [6.45, 7) is 3.36. The minimum atomic E-state index is -0.680. The summed E-state index contributed by atoms with van der Waals surface area (Å²) in [6.07, 6.45) is 0. The average Bonchev–Trinajstić information content (AvgIpc) is 2.73. The van der Waals surface area contributed by atoms with Crippen LogP contribution in [0.1, 0.15) is 27.2 Å². The van der Waals surface area contributed by atoms with E-state index in [1.807, 2.05) is 6.07 Å². The van der Waals surface area contributed by atoms with E-state index in [-0.39, 0.29) is 27.7 Å². The van der Waals surface area contributed by atoms with E-state index in [1.54, 1.807) is 13.8 Å². The zero-order valence-corrected chi connectivity index (χ0v) is 12.4. The molecule has 1 amide bonds. The van der Waals surface area contributed by atoms with Gasteiger partial charge in [-0.05, 0) is 26.0 Å². The molecule has 1 aromatic heterocycles. The summed E-state index contributed by atoms with van der Waals surface area (Å²) in [6, 6.07) is 5.61. The molecule has 0 radical (unpaired) electrons. The number of nitro groups is 1. The van der Waals surface area contributed by atoms with Gasteiger partial charge in [-0.15, -0.1) is 0 Å². The summed E-state index contributed by atoms with van der Waals surface area (Å²) in [5, 5.41) is 22.3. The molecule has 0 aliphatic heterocycles. The predicted octanol–water partition coefficient (Wildman–Crippen LogP) is 3.58. The average molecular weight is 320 g/mol. The maximum atomic E-state index is 12.1.